The highest BCUT2D eigenvalue weighted by molar-refractivity contribution is 7.91. The first-order valence-corrected chi connectivity index (χ1v) is 12.3. The molecule has 3 aromatic heterocycles. The molecule has 3 heterocycles. The Morgan fingerprint density at radius 1 is 1.09 bits per heavy atom. The third-order valence-corrected chi connectivity index (χ3v) is 7.52. The predicted octanol–water partition coefficient (Wildman–Crippen LogP) is 3.15. The molecule has 4 aromatic rings. The van der Waals surface area contributed by atoms with Crippen molar-refractivity contribution in [2.75, 3.05) is 32.1 Å². The Balaban J connectivity index is 1.62. The van der Waals surface area contributed by atoms with Crippen molar-refractivity contribution in [2.45, 2.75) is 11.8 Å². The van der Waals surface area contributed by atoms with Crippen molar-refractivity contribution in [3.63, 3.8) is 0 Å². The number of sulfone groups is 1. The fourth-order valence-corrected chi connectivity index (χ4v) is 5.19. The molecule has 0 aliphatic heterocycles. The summed E-state index contributed by atoms with van der Waals surface area (Å²) >= 11 is 1.51. The second-order valence-corrected chi connectivity index (χ2v) is 10.5. The summed E-state index contributed by atoms with van der Waals surface area (Å²) in [7, 11) is 0.310. The standard InChI is InChI=1S/C21H22N6O3S2/c1-13-8-10-31-18(13)21-26-25-20(30-21)17-19(22)23-12-16(24-17)14-4-6-15(7-5-14)32(28,29)11-9-27(2)3/h4-8,10,12H,9,11H2,1-3H3,(H2,22,23). The molecule has 0 aliphatic carbocycles. The number of nitrogen functional groups attached to an aromatic ring is 1. The number of nitrogens with zero attached hydrogens (tertiary/aromatic N) is 5. The fraction of sp³-hybridized carbons (Fsp3) is 0.238. The van der Waals surface area contributed by atoms with E-state index in [1.807, 2.05) is 37.4 Å². The second kappa shape index (κ2) is 8.77. The van der Waals surface area contributed by atoms with Crippen LogP contribution in [-0.2, 0) is 9.84 Å². The van der Waals surface area contributed by atoms with Crippen LogP contribution in [0, 0.1) is 6.92 Å². The number of benzene rings is 1. The summed E-state index contributed by atoms with van der Waals surface area (Å²) in [5.74, 6) is 0.776. The van der Waals surface area contributed by atoms with E-state index in [-0.39, 0.29) is 28.1 Å². The molecule has 0 saturated carbocycles. The molecule has 2 N–H and O–H groups in total. The number of rotatable bonds is 7. The number of thiophene rings is 1. The minimum Gasteiger partial charge on any atom is -0.414 e. The van der Waals surface area contributed by atoms with Gasteiger partial charge in [-0.2, -0.15) is 0 Å². The van der Waals surface area contributed by atoms with Gasteiger partial charge in [-0.15, -0.1) is 21.5 Å². The highest BCUT2D eigenvalue weighted by Crippen LogP contribution is 2.31. The Morgan fingerprint density at radius 2 is 1.81 bits per heavy atom. The minimum absolute atomic E-state index is 0.0500. The number of hydrogen-bond acceptors (Lipinski definition) is 10. The molecule has 0 unspecified atom stereocenters. The first-order valence-electron chi connectivity index (χ1n) is 9.73. The first kappa shape index (κ1) is 22.1. The van der Waals surface area contributed by atoms with Crippen LogP contribution < -0.4 is 5.73 Å². The second-order valence-electron chi connectivity index (χ2n) is 7.48. The Bertz CT molecular complexity index is 1340. The summed E-state index contributed by atoms with van der Waals surface area (Å²) in [5, 5.41) is 10.1. The van der Waals surface area contributed by atoms with Crippen molar-refractivity contribution >= 4 is 27.0 Å². The summed E-state index contributed by atoms with van der Waals surface area (Å²) in [4.78, 5) is 11.7. The number of aromatic nitrogens is 4. The van der Waals surface area contributed by atoms with E-state index in [0.717, 1.165) is 10.4 Å². The topological polar surface area (TPSA) is 128 Å². The Hall–Kier alpha value is -3.15. The van der Waals surface area contributed by atoms with E-state index >= 15 is 0 Å². The van der Waals surface area contributed by atoms with Crippen LogP contribution >= 0.6 is 11.3 Å². The molecule has 1 aromatic carbocycles. The van der Waals surface area contributed by atoms with E-state index in [1.165, 1.54) is 17.5 Å². The minimum atomic E-state index is -3.36. The van der Waals surface area contributed by atoms with Crippen LogP contribution in [-0.4, -0.2) is 59.9 Å². The lowest BCUT2D eigenvalue weighted by Gasteiger charge is -2.10. The van der Waals surface area contributed by atoms with Crippen LogP contribution in [0.25, 0.3) is 33.6 Å². The lowest BCUT2D eigenvalue weighted by molar-refractivity contribution is 0.432. The average molecular weight is 471 g/mol. The lowest BCUT2D eigenvalue weighted by Crippen LogP contribution is -2.21. The molecule has 0 fully saturated rings. The monoisotopic (exact) mass is 470 g/mol. The van der Waals surface area contributed by atoms with Gasteiger partial charge in [0.25, 0.3) is 11.8 Å². The van der Waals surface area contributed by atoms with E-state index in [9.17, 15) is 8.42 Å². The zero-order valence-corrected chi connectivity index (χ0v) is 19.4. The van der Waals surface area contributed by atoms with Crippen molar-refractivity contribution in [2.24, 2.45) is 0 Å². The van der Waals surface area contributed by atoms with Crippen molar-refractivity contribution in [3.05, 3.63) is 47.5 Å². The molecule has 0 spiro atoms. The summed E-state index contributed by atoms with van der Waals surface area (Å²) < 4.78 is 30.8. The third kappa shape index (κ3) is 4.54. The van der Waals surface area contributed by atoms with Crippen molar-refractivity contribution in [3.8, 4) is 33.6 Å². The lowest BCUT2D eigenvalue weighted by atomic mass is 10.1. The van der Waals surface area contributed by atoms with E-state index in [0.29, 0.717) is 23.7 Å². The molecule has 0 atom stereocenters. The van der Waals surface area contributed by atoms with Crippen molar-refractivity contribution in [1.82, 2.24) is 25.1 Å². The summed E-state index contributed by atoms with van der Waals surface area (Å²) in [5.41, 5.74) is 8.54. The van der Waals surface area contributed by atoms with Crippen molar-refractivity contribution < 1.29 is 12.8 Å². The van der Waals surface area contributed by atoms with Gasteiger partial charge < -0.3 is 15.1 Å². The molecule has 11 heteroatoms. The molecular formula is C21H22N6O3S2. The number of aryl methyl sites for hydroxylation is 1. The van der Waals surface area contributed by atoms with Gasteiger partial charge in [0.05, 0.1) is 27.4 Å². The molecule has 9 nitrogen and oxygen atoms in total. The van der Waals surface area contributed by atoms with Gasteiger partial charge in [-0.25, -0.2) is 18.4 Å². The quantitative estimate of drug-likeness (QED) is 0.433. The van der Waals surface area contributed by atoms with Gasteiger partial charge in [-0.1, -0.05) is 12.1 Å². The largest absolute Gasteiger partial charge is 0.414 e. The normalized spacial score (nSPS) is 11.9. The third-order valence-electron chi connectivity index (χ3n) is 4.80. The summed E-state index contributed by atoms with van der Waals surface area (Å²) in [6.07, 6.45) is 1.52. The van der Waals surface area contributed by atoms with Gasteiger partial charge in [-0.3, -0.25) is 0 Å². The maximum Gasteiger partial charge on any atom is 0.270 e. The van der Waals surface area contributed by atoms with E-state index < -0.39 is 9.84 Å². The molecule has 166 valence electrons. The highest BCUT2D eigenvalue weighted by Gasteiger charge is 2.19. The van der Waals surface area contributed by atoms with E-state index in [2.05, 4.69) is 20.2 Å². The number of anilines is 1. The van der Waals surface area contributed by atoms with E-state index in [4.69, 9.17) is 10.2 Å². The Kier molecular flexibility index (Phi) is 6.04. The van der Waals surface area contributed by atoms with Crippen LogP contribution in [0.3, 0.4) is 0 Å². The Labute approximate surface area is 189 Å². The van der Waals surface area contributed by atoms with Crippen LogP contribution in [0.2, 0.25) is 0 Å². The van der Waals surface area contributed by atoms with Crippen LogP contribution in [0.5, 0.6) is 0 Å². The number of nitrogens with two attached hydrogens (primary N) is 1. The molecule has 4 rings (SSSR count). The maximum absolute atomic E-state index is 12.5. The van der Waals surface area contributed by atoms with Gasteiger partial charge in [0.1, 0.15) is 0 Å². The van der Waals surface area contributed by atoms with Gasteiger partial charge in [-0.05, 0) is 50.2 Å². The zero-order valence-electron chi connectivity index (χ0n) is 17.8. The van der Waals surface area contributed by atoms with Crippen LogP contribution in [0.4, 0.5) is 5.82 Å². The first-order chi connectivity index (χ1) is 15.2. The average Bonchev–Trinajstić information content (AvgIpc) is 3.42. The smallest absolute Gasteiger partial charge is 0.270 e. The SMILES string of the molecule is Cc1ccsc1-c1nnc(-c2nc(-c3ccc(S(=O)(=O)CCN(C)C)cc3)cnc2N)o1. The number of hydrogen-bond donors (Lipinski definition) is 1. The van der Waals surface area contributed by atoms with Crippen LogP contribution in [0.15, 0.2) is 51.2 Å². The van der Waals surface area contributed by atoms with Crippen LogP contribution in [0.1, 0.15) is 5.56 Å². The summed E-state index contributed by atoms with van der Waals surface area (Å²) in [6, 6.07) is 8.51. The molecule has 0 aliphatic rings. The van der Waals surface area contributed by atoms with E-state index in [1.54, 1.807) is 24.3 Å². The summed E-state index contributed by atoms with van der Waals surface area (Å²) in [6.45, 7) is 2.42. The van der Waals surface area contributed by atoms with Crippen molar-refractivity contribution in [1.29, 1.82) is 0 Å². The fourth-order valence-electron chi connectivity index (χ4n) is 2.95. The Morgan fingerprint density at radius 3 is 2.47 bits per heavy atom. The molecular weight excluding hydrogens is 448 g/mol. The molecule has 0 saturated heterocycles. The molecule has 0 amide bonds. The highest BCUT2D eigenvalue weighted by atomic mass is 32.2. The molecule has 0 radical (unpaired) electrons. The van der Waals surface area contributed by atoms with Gasteiger partial charge in [0.2, 0.25) is 0 Å². The zero-order chi connectivity index (χ0) is 22.9. The molecule has 0 bridgehead atoms. The molecule has 32 heavy (non-hydrogen) atoms. The van der Waals surface area contributed by atoms with Gasteiger partial charge in [0.15, 0.2) is 21.3 Å². The predicted molar refractivity (Wildman–Crippen MR) is 124 cm³/mol. The van der Waals surface area contributed by atoms with Gasteiger partial charge in [0, 0.05) is 12.1 Å². The maximum atomic E-state index is 12.5. The van der Waals surface area contributed by atoms with Gasteiger partial charge >= 0.3 is 0 Å².